The Morgan fingerprint density at radius 3 is 2.61 bits per heavy atom. The van der Waals surface area contributed by atoms with E-state index in [9.17, 15) is 9.59 Å². The predicted octanol–water partition coefficient (Wildman–Crippen LogP) is 1.94. The van der Waals surface area contributed by atoms with Gasteiger partial charge in [0, 0.05) is 23.5 Å². The second-order valence-electron chi connectivity index (χ2n) is 3.96. The predicted molar refractivity (Wildman–Crippen MR) is 69.9 cm³/mol. The zero-order valence-electron chi connectivity index (χ0n) is 9.37. The first-order chi connectivity index (χ1) is 8.56. The summed E-state index contributed by atoms with van der Waals surface area (Å²) in [6.07, 6.45) is -1.10. The Kier molecular flexibility index (Phi) is 3.71. The fraction of sp³-hybridized carbons (Fsp3) is 0.273. The van der Waals surface area contributed by atoms with Crippen LogP contribution in [0.25, 0.3) is 0 Å². The fourth-order valence-corrected chi connectivity index (χ4v) is 2.30. The molecule has 96 valence electrons. The van der Waals surface area contributed by atoms with Gasteiger partial charge in [-0.2, -0.15) is 0 Å². The number of hydrogen-bond donors (Lipinski definition) is 4. The van der Waals surface area contributed by atoms with Crippen molar-refractivity contribution in [3.8, 4) is 0 Å². The number of carbonyl (C=O) groups is 2. The lowest BCUT2D eigenvalue weighted by atomic mass is 9.97. The van der Waals surface area contributed by atoms with Gasteiger partial charge in [-0.25, -0.2) is 9.59 Å². The molecule has 3 amide bonds. The molecule has 4 N–H and O–H groups in total. The second-order valence-corrected chi connectivity index (χ2v) is 4.81. The monoisotopic (exact) mass is 313 g/mol. The molecule has 2 rings (SSSR count). The summed E-state index contributed by atoms with van der Waals surface area (Å²) in [6, 6.07) is 5.24. The molecule has 1 aliphatic rings. The van der Waals surface area contributed by atoms with Gasteiger partial charge in [0.25, 0.3) is 0 Å². The quantitative estimate of drug-likeness (QED) is 0.672. The molecule has 0 unspecified atom stereocenters. The van der Waals surface area contributed by atoms with Gasteiger partial charge in [-0.05, 0) is 33.6 Å². The number of halogens is 1. The third-order valence-electron chi connectivity index (χ3n) is 2.72. The van der Waals surface area contributed by atoms with Crippen LogP contribution in [0.2, 0.25) is 0 Å². The van der Waals surface area contributed by atoms with Crippen molar-refractivity contribution in [3.63, 3.8) is 0 Å². The van der Waals surface area contributed by atoms with Crippen LogP contribution in [0.3, 0.4) is 0 Å². The van der Waals surface area contributed by atoms with Crippen molar-refractivity contribution < 1.29 is 14.7 Å². The highest BCUT2D eigenvalue weighted by Crippen LogP contribution is 2.27. The first-order valence-electron chi connectivity index (χ1n) is 5.37. The molecule has 1 saturated heterocycles. The minimum Gasteiger partial charge on any atom is -0.465 e. The van der Waals surface area contributed by atoms with Crippen LogP contribution in [0.5, 0.6) is 0 Å². The summed E-state index contributed by atoms with van der Waals surface area (Å²) in [4.78, 5) is 21.5. The number of carbonyl (C=O) groups excluding carboxylic acids is 1. The normalized spacial score (nSPS) is 15.7. The zero-order chi connectivity index (χ0) is 13.1. The van der Waals surface area contributed by atoms with Gasteiger partial charge in [0.05, 0.1) is 5.69 Å². The van der Waals surface area contributed by atoms with Crippen molar-refractivity contribution in [2.75, 3.05) is 18.4 Å². The number of hydrogen-bond acceptors (Lipinski definition) is 2. The maximum atomic E-state index is 11.0. The molecular formula is C11H12BrN3O3. The number of nitrogens with one attached hydrogen (secondary N) is 3. The standard InChI is InChI=1S/C11H12BrN3O3/c12-8-3-6(1-2-9(8)15-11(17)18)7-4-13-10(16)14-5-7/h1-3,7,15H,4-5H2,(H,17,18)(H2,13,14,16). The largest absolute Gasteiger partial charge is 0.465 e. The van der Waals surface area contributed by atoms with Crippen LogP contribution in [0.1, 0.15) is 11.5 Å². The smallest absolute Gasteiger partial charge is 0.409 e. The van der Waals surface area contributed by atoms with Crippen LogP contribution in [0, 0.1) is 0 Å². The number of anilines is 1. The number of rotatable bonds is 2. The molecule has 1 heterocycles. The summed E-state index contributed by atoms with van der Waals surface area (Å²) in [5.74, 6) is 0.179. The van der Waals surface area contributed by atoms with Gasteiger partial charge < -0.3 is 15.7 Å². The molecule has 1 aliphatic heterocycles. The molecule has 0 saturated carbocycles. The second kappa shape index (κ2) is 5.26. The molecular weight excluding hydrogens is 302 g/mol. The minimum absolute atomic E-state index is 0.158. The van der Waals surface area contributed by atoms with Crippen molar-refractivity contribution in [2.45, 2.75) is 5.92 Å². The summed E-state index contributed by atoms with van der Waals surface area (Å²) in [7, 11) is 0. The fourth-order valence-electron chi connectivity index (χ4n) is 1.80. The first kappa shape index (κ1) is 12.7. The van der Waals surface area contributed by atoms with Gasteiger partial charge in [-0.3, -0.25) is 5.32 Å². The van der Waals surface area contributed by atoms with Gasteiger partial charge in [0.15, 0.2) is 0 Å². The van der Waals surface area contributed by atoms with Gasteiger partial charge >= 0.3 is 12.1 Å². The summed E-state index contributed by atoms with van der Waals surface area (Å²) >= 11 is 3.32. The Hall–Kier alpha value is -1.76. The van der Waals surface area contributed by atoms with Gasteiger partial charge in [-0.1, -0.05) is 6.07 Å². The van der Waals surface area contributed by atoms with Gasteiger partial charge in [0.1, 0.15) is 0 Å². The van der Waals surface area contributed by atoms with Crippen molar-refractivity contribution in [3.05, 3.63) is 28.2 Å². The molecule has 0 aliphatic carbocycles. The van der Waals surface area contributed by atoms with E-state index in [-0.39, 0.29) is 11.9 Å². The summed E-state index contributed by atoms with van der Waals surface area (Å²) in [6.45, 7) is 1.15. The summed E-state index contributed by atoms with van der Waals surface area (Å²) < 4.78 is 0.680. The molecule has 7 heteroatoms. The van der Waals surface area contributed by atoms with Crippen LogP contribution in [-0.4, -0.2) is 30.3 Å². The molecule has 0 bridgehead atoms. The van der Waals surface area contributed by atoms with Crippen LogP contribution < -0.4 is 16.0 Å². The number of carboxylic acid groups (broad SMARTS) is 1. The SMILES string of the molecule is O=C(O)Nc1ccc(C2CNC(=O)NC2)cc1Br. The van der Waals surface area contributed by atoms with E-state index in [0.717, 1.165) is 5.56 Å². The third kappa shape index (κ3) is 2.92. The lowest BCUT2D eigenvalue weighted by Crippen LogP contribution is -2.47. The lowest BCUT2D eigenvalue weighted by molar-refractivity contribution is 0.209. The minimum atomic E-state index is -1.10. The van der Waals surface area contributed by atoms with Crippen LogP contribution in [-0.2, 0) is 0 Å². The van der Waals surface area contributed by atoms with Gasteiger partial charge in [-0.15, -0.1) is 0 Å². The lowest BCUT2D eigenvalue weighted by Gasteiger charge is -2.24. The van der Waals surface area contributed by atoms with Gasteiger partial charge in [0.2, 0.25) is 0 Å². The van der Waals surface area contributed by atoms with E-state index < -0.39 is 6.09 Å². The van der Waals surface area contributed by atoms with E-state index in [0.29, 0.717) is 23.2 Å². The maximum absolute atomic E-state index is 11.0. The topological polar surface area (TPSA) is 90.5 Å². The molecule has 0 spiro atoms. The molecule has 1 fully saturated rings. The molecule has 0 atom stereocenters. The first-order valence-corrected chi connectivity index (χ1v) is 6.16. The maximum Gasteiger partial charge on any atom is 0.409 e. The highest BCUT2D eigenvalue weighted by molar-refractivity contribution is 9.10. The highest BCUT2D eigenvalue weighted by Gasteiger charge is 2.19. The molecule has 0 aromatic heterocycles. The van der Waals surface area contributed by atoms with Crippen molar-refractivity contribution in [1.82, 2.24) is 10.6 Å². The van der Waals surface area contributed by atoms with E-state index in [2.05, 4.69) is 31.9 Å². The van der Waals surface area contributed by atoms with Crippen molar-refractivity contribution in [1.29, 1.82) is 0 Å². The van der Waals surface area contributed by atoms with E-state index in [4.69, 9.17) is 5.11 Å². The number of amides is 3. The average Bonchev–Trinajstić information content (AvgIpc) is 2.32. The van der Waals surface area contributed by atoms with E-state index >= 15 is 0 Å². The number of urea groups is 1. The van der Waals surface area contributed by atoms with E-state index in [1.807, 2.05) is 12.1 Å². The van der Waals surface area contributed by atoms with Crippen LogP contribution >= 0.6 is 15.9 Å². The molecule has 1 aromatic carbocycles. The molecule has 1 aromatic rings. The Balaban J connectivity index is 2.13. The van der Waals surface area contributed by atoms with E-state index in [1.54, 1.807) is 6.07 Å². The summed E-state index contributed by atoms with van der Waals surface area (Å²) in [5.41, 5.74) is 1.53. The van der Waals surface area contributed by atoms with E-state index in [1.165, 1.54) is 0 Å². The molecule has 6 nitrogen and oxygen atoms in total. The Morgan fingerprint density at radius 2 is 2.06 bits per heavy atom. The molecule has 0 radical (unpaired) electrons. The third-order valence-corrected chi connectivity index (χ3v) is 3.38. The Morgan fingerprint density at radius 1 is 1.39 bits per heavy atom. The average molecular weight is 314 g/mol. The van der Waals surface area contributed by atoms with Crippen molar-refractivity contribution in [2.24, 2.45) is 0 Å². The Labute approximate surface area is 112 Å². The highest BCUT2D eigenvalue weighted by atomic mass is 79.9. The van der Waals surface area contributed by atoms with Crippen molar-refractivity contribution >= 4 is 33.7 Å². The summed E-state index contributed by atoms with van der Waals surface area (Å²) in [5, 5.41) is 16.4. The number of benzene rings is 1. The Bertz CT molecular complexity index is 482. The van der Waals surface area contributed by atoms with Crippen LogP contribution in [0.15, 0.2) is 22.7 Å². The zero-order valence-corrected chi connectivity index (χ0v) is 11.0. The van der Waals surface area contributed by atoms with Crippen LogP contribution in [0.4, 0.5) is 15.3 Å². The molecule has 18 heavy (non-hydrogen) atoms.